The molecule has 4 atom stereocenters. The molecule has 4 rings (SSSR count). The minimum atomic E-state index is -0.555. The van der Waals surface area contributed by atoms with Crippen LogP contribution in [0.15, 0.2) is 21.9 Å². The van der Waals surface area contributed by atoms with Gasteiger partial charge < -0.3 is 10.1 Å². The molecule has 0 aromatic carbocycles. The molecule has 0 bridgehead atoms. The summed E-state index contributed by atoms with van der Waals surface area (Å²) in [6.07, 6.45) is 7.65. The summed E-state index contributed by atoms with van der Waals surface area (Å²) in [4.78, 5) is 37.4. The average Bonchev–Trinajstić information content (AvgIpc) is 3.19. The van der Waals surface area contributed by atoms with Crippen LogP contribution >= 0.6 is 0 Å². The molecule has 7 heteroatoms. The van der Waals surface area contributed by atoms with E-state index in [0.29, 0.717) is 23.9 Å². The SMILES string of the molecule is O=C(Cn1ccc(=O)[nH]c1=O)N[C@@H]1[C@@H]2CCO[C@@H]2[C@@H]1C1CCCC1. The highest BCUT2D eigenvalue weighted by molar-refractivity contribution is 5.76. The van der Waals surface area contributed by atoms with Crippen LogP contribution in [0.1, 0.15) is 32.1 Å². The Morgan fingerprint density at radius 1 is 1.29 bits per heavy atom. The van der Waals surface area contributed by atoms with Crippen LogP contribution in [0.25, 0.3) is 0 Å². The average molecular weight is 333 g/mol. The van der Waals surface area contributed by atoms with Crippen molar-refractivity contribution in [3.63, 3.8) is 0 Å². The van der Waals surface area contributed by atoms with E-state index in [0.717, 1.165) is 13.0 Å². The lowest BCUT2D eigenvalue weighted by molar-refractivity contribution is -0.130. The molecule has 1 amide bonds. The zero-order chi connectivity index (χ0) is 16.7. The van der Waals surface area contributed by atoms with Gasteiger partial charge in [0.25, 0.3) is 5.56 Å². The van der Waals surface area contributed by atoms with Gasteiger partial charge in [-0.2, -0.15) is 0 Å². The monoisotopic (exact) mass is 333 g/mol. The van der Waals surface area contributed by atoms with E-state index < -0.39 is 11.2 Å². The molecule has 24 heavy (non-hydrogen) atoms. The quantitative estimate of drug-likeness (QED) is 0.826. The van der Waals surface area contributed by atoms with Gasteiger partial charge in [0.15, 0.2) is 0 Å². The number of nitrogens with zero attached hydrogens (tertiary/aromatic N) is 1. The fourth-order valence-electron chi connectivity index (χ4n) is 4.81. The Bertz CT molecular complexity index is 729. The first-order valence-corrected chi connectivity index (χ1v) is 8.84. The van der Waals surface area contributed by atoms with Gasteiger partial charge in [0.1, 0.15) is 6.54 Å². The van der Waals surface area contributed by atoms with Crippen LogP contribution in [0.3, 0.4) is 0 Å². The van der Waals surface area contributed by atoms with Gasteiger partial charge in [0.05, 0.1) is 6.10 Å². The van der Waals surface area contributed by atoms with E-state index in [-0.39, 0.29) is 18.5 Å². The molecule has 3 fully saturated rings. The van der Waals surface area contributed by atoms with Crippen molar-refractivity contribution < 1.29 is 9.53 Å². The smallest absolute Gasteiger partial charge is 0.328 e. The van der Waals surface area contributed by atoms with Crippen molar-refractivity contribution in [1.29, 1.82) is 0 Å². The number of hydrogen-bond acceptors (Lipinski definition) is 4. The van der Waals surface area contributed by atoms with E-state index in [4.69, 9.17) is 4.74 Å². The van der Waals surface area contributed by atoms with Crippen LogP contribution in [0.2, 0.25) is 0 Å². The Hall–Kier alpha value is -1.89. The van der Waals surface area contributed by atoms with Gasteiger partial charge >= 0.3 is 5.69 Å². The van der Waals surface area contributed by atoms with Crippen molar-refractivity contribution in [1.82, 2.24) is 14.9 Å². The zero-order valence-corrected chi connectivity index (χ0v) is 13.6. The molecule has 2 saturated carbocycles. The van der Waals surface area contributed by atoms with Gasteiger partial charge in [0, 0.05) is 36.7 Å². The van der Waals surface area contributed by atoms with Crippen LogP contribution in [-0.4, -0.2) is 34.2 Å². The minimum absolute atomic E-state index is 0.0677. The zero-order valence-electron chi connectivity index (χ0n) is 13.6. The summed E-state index contributed by atoms with van der Waals surface area (Å²) < 4.78 is 7.12. The highest BCUT2D eigenvalue weighted by Gasteiger charge is 2.56. The van der Waals surface area contributed by atoms with E-state index in [9.17, 15) is 14.4 Å². The van der Waals surface area contributed by atoms with Crippen LogP contribution in [0.5, 0.6) is 0 Å². The predicted octanol–water partition coefficient (Wildman–Crippen LogP) is 0.246. The van der Waals surface area contributed by atoms with Crippen molar-refractivity contribution in [2.45, 2.75) is 50.8 Å². The summed E-state index contributed by atoms with van der Waals surface area (Å²) >= 11 is 0. The molecular weight excluding hydrogens is 310 g/mol. The Labute approximate surface area is 139 Å². The van der Waals surface area contributed by atoms with E-state index >= 15 is 0 Å². The highest BCUT2D eigenvalue weighted by atomic mass is 16.5. The second-order valence-corrected chi connectivity index (χ2v) is 7.24. The van der Waals surface area contributed by atoms with Crippen molar-refractivity contribution in [2.75, 3.05) is 6.61 Å². The number of rotatable bonds is 4. The maximum Gasteiger partial charge on any atom is 0.328 e. The van der Waals surface area contributed by atoms with E-state index in [1.807, 2.05) is 0 Å². The van der Waals surface area contributed by atoms with Gasteiger partial charge in [0.2, 0.25) is 5.91 Å². The number of aromatic amines is 1. The lowest BCUT2D eigenvalue weighted by Gasteiger charge is -2.50. The number of H-pyrrole nitrogens is 1. The predicted molar refractivity (Wildman–Crippen MR) is 86.5 cm³/mol. The van der Waals surface area contributed by atoms with Gasteiger partial charge in [-0.25, -0.2) is 4.79 Å². The van der Waals surface area contributed by atoms with Crippen LogP contribution in [-0.2, 0) is 16.1 Å². The van der Waals surface area contributed by atoms with Crippen molar-refractivity contribution in [3.8, 4) is 0 Å². The molecule has 2 aliphatic carbocycles. The standard InChI is InChI=1S/C17H23N3O4/c21-12-5-7-20(17(23)19-12)9-13(22)18-15-11-6-8-24-16(11)14(15)10-3-1-2-4-10/h5,7,10-11,14-16H,1-4,6,8-9H2,(H,18,22)(H,19,21,23)/t11-,14+,15+,16-/m0/s1. The molecule has 0 unspecified atom stereocenters. The van der Waals surface area contributed by atoms with E-state index in [2.05, 4.69) is 10.3 Å². The van der Waals surface area contributed by atoms with Crippen molar-refractivity contribution in [3.05, 3.63) is 33.1 Å². The molecule has 2 N–H and O–H groups in total. The number of aromatic nitrogens is 2. The number of carbonyl (C=O) groups is 1. The highest BCUT2D eigenvalue weighted by Crippen LogP contribution is 2.51. The largest absolute Gasteiger partial charge is 0.377 e. The fourth-order valence-corrected chi connectivity index (χ4v) is 4.81. The molecule has 0 spiro atoms. The van der Waals surface area contributed by atoms with E-state index in [1.165, 1.54) is 42.5 Å². The lowest BCUT2D eigenvalue weighted by Crippen LogP contribution is -2.63. The van der Waals surface area contributed by atoms with Gasteiger partial charge in [-0.05, 0) is 12.3 Å². The number of ether oxygens (including phenoxy) is 1. The summed E-state index contributed by atoms with van der Waals surface area (Å²) in [5.41, 5.74) is -1.01. The Morgan fingerprint density at radius 3 is 2.83 bits per heavy atom. The van der Waals surface area contributed by atoms with Gasteiger partial charge in [-0.15, -0.1) is 0 Å². The first-order chi connectivity index (χ1) is 11.6. The summed E-state index contributed by atoms with van der Waals surface area (Å²) in [5.74, 6) is 1.29. The van der Waals surface area contributed by atoms with Gasteiger partial charge in [-0.3, -0.25) is 19.1 Å². The number of hydrogen-bond donors (Lipinski definition) is 2. The fraction of sp³-hybridized carbons (Fsp3) is 0.706. The Morgan fingerprint density at radius 2 is 2.08 bits per heavy atom. The second kappa shape index (κ2) is 6.20. The summed E-state index contributed by atoms with van der Waals surface area (Å²) in [6, 6.07) is 1.41. The normalized spacial score (nSPS) is 32.3. The molecule has 1 aromatic heterocycles. The third-order valence-corrected chi connectivity index (χ3v) is 5.92. The molecule has 2 heterocycles. The summed E-state index contributed by atoms with van der Waals surface area (Å²) in [5, 5.41) is 3.13. The van der Waals surface area contributed by atoms with Crippen molar-refractivity contribution in [2.24, 2.45) is 17.8 Å². The molecule has 0 radical (unpaired) electrons. The summed E-state index contributed by atoms with van der Waals surface area (Å²) in [6.45, 7) is 0.714. The maximum atomic E-state index is 12.4. The van der Waals surface area contributed by atoms with Crippen LogP contribution < -0.4 is 16.6 Å². The molecule has 1 aliphatic heterocycles. The minimum Gasteiger partial charge on any atom is -0.377 e. The van der Waals surface area contributed by atoms with Crippen molar-refractivity contribution >= 4 is 5.91 Å². The molecule has 130 valence electrons. The van der Waals surface area contributed by atoms with Crippen LogP contribution in [0.4, 0.5) is 0 Å². The summed E-state index contributed by atoms with van der Waals surface area (Å²) in [7, 11) is 0. The Kier molecular flexibility index (Phi) is 4.04. The number of nitrogens with one attached hydrogen (secondary N) is 2. The molecule has 1 saturated heterocycles. The topological polar surface area (TPSA) is 93.2 Å². The Balaban J connectivity index is 1.44. The van der Waals surface area contributed by atoms with E-state index in [1.54, 1.807) is 0 Å². The molecule has 3 aliphatic rings. The number of fused-ring (bicyclic) bond motifs is 1. The number of amides is 1. The first-order valence-electron chi connectivity index (χ1n) is 8.84. The molecule has 1 aromatic rings. The second-order valence-electron chi connectivity index (χ2n) is 7.24. The maximum absolute atomic E-state index is 12.4. The molecule has 7 nitrogen and oxygen atoms in total. The number of carbonyl (C=O) groups excluding carboxylic acids is 1. The molecular formula is C17H23N3O4. The van der Waals surface area contributed by atoms with Crippen LogP contribution in [0, 0.1) is 17.8 Å². The van der Waals surface area contributed by atoms with Gasteiger partial charge in [-0.1, -0.05) is 25.7 Å². The third kappa shape index (κ3) is 2.70. The first kappa shape index (κ1) is 15.6. The lowest BCUT2D eigenvalue weighted by atomic mass is 9.61. The third-order valence-electron chi connectivity index (χ3n) is 5.92.